The highest BCUT2D eigenvalue weighted by Crippen LogP contribution is 2.48. The quantitative estimate of drug-likeness (QED) is 0.431. The fraction of sp³-hybridized carbons (Fsp3) is 0.538. The number of aromatic nitrogens is 3. The van der Waals surface area contributed by atoms with Crippen LogP contribution < -0.4 is 4.90 Å². The SMILES string of the molecule is Cc1c(Cc2c(CN3CC4(CC(O)C4)C3)nc3c(I)cc(N4CCOCC4)nn23)cccc1C(F)(F)F. The molecule has 2 saturated heterocycles. The third-order valence-corrected chi connectivity index (χ3v) is 8.77. The fourth-order valence-corrected chi connectivity index (χ4v) is 6.73. The molecular formula is C26H29F3IN5O2. The summed E-state index contributed by atoms with van der Waals surface area (Å²) in [6.45, 7) is 6.70. The van der Waals surface area contributed by atoms with Crippen molar-refractivity contribution in [1.29, 1.82) is 0 Å². The maximum absolute atomic E-state index is 13.6. The van der Waals surface area contributed by atoms with Crippen LogP contribution in [0.2, 0.25) is 0 Å². The zero-order chi connectivity index (χ0) is 25.9. The van der Waals surface area contributed by atoms with Gasteiger partial charge in [-0.25, -0.2) is 9.50 Å². The number of hydrogen-bond acceptors (Lipinski definition) is 6. The van der Waals surface area contributed by atoms with Crippen molar-refractivity contribution in [3.63, 3.8) is 0 Å². The van der Waals surface area contributed by atoms with Gasteiger partial charge in [-0.1, -0.05) is 12.1 Å². The Labute approximate surface area is 226 Å². The smallest absolute Gasteiger partial charge is 0.393 e. The van der Waals surface area contributed by atoms with E-state index in [9.17, 15) is 18.3 Å². The number of halogens is 4. The van der Waals surface area contributed by atoms with E-state index in [0.29, 0.717) is 31.7 Å². The van der Waals surface area contributed by atoms with Crippen LogP contribution >= 0.6 is 22.6 Å². The normalized spacial score (nSPS) is 20.4. The molecule has 11 heteroatoms. The van der Waals surface area contributed by atoms with E-state index in [4.69, 9.17) is 14.8 Å². The molecule has 1 spiro atoms. The van der Waals surface area contributed by atoms with Crippen molar-refractivity contribution in [2.75, 3.05) is 44.3 Å². The molecular weight excluding hydrogens is 598 g/mol. The number of morpholine rings is 1. The minimum Gasteiger partial charge on any atom is -0.393 e. The molecule has 1 N–H and O–H groups in total. The number of fused-ring (bicyclic) bond motifs is 1. The Kier molecular flexibility index (Phi) is 6.40. The Bertz CT molecular complexity index is 1320. The predicted molar refractivity (Wildman–Crippen MR) is 141 cm³/mol. The van der Waals surface area contributed by atoms with Crippen molar-refractivity contribution in [3.05, 3.63) is 55.9 Å². The molecule has 2 aromatic heterocycles. The minimum atomic E-state index is -4.40. The lowest BCUT2D eigenvalue weighted by Crippen LogP contribution is -2.63. The number of aliphatic hydroxyl groups excluding tert-OH is 1. The van der Waals surface area contributed by atoms with E-state index in [0.717, 1.165) is 71.5 Å². The summed E-state index contributed by atoms with van der Waals surface area (Å²) in [5.41, 5.74) is 2.85. The van der Waals surface area contributed by atoms with E-state index in [-0.39, 0.29) is 17.1 Å². The van der Waals surface area contributed by atoms with Gasteiger partial charge in [-0.15, -0.1) is 5.10 Å². The average Bonchev–Trinajstić information content (AvgIpc) is 3.15. The molecule has 7 nitrogen and oxygen atoms in total. The summed E-state index contributed by atoms with van der Waals surface area (Å²) in [5.74, 6) is 0.817. The number of aliphatic hydroxyl groups is 1. The van der Waals surface area contributed by atoms with E-state index in [1.165, 1.54) is 6.07 Å². The monoisotopic (exact) mass is 627 g/mol. The molecule has 3 fully saturated rings. The van der Waals surface area contributed by atoms with Crippen LogP contribution in [0.15, 0.2) is 24.3 Å². The van der Waals surface area contributed by atoms with Crippen molar-refractivity contribution in [3.8, 4) is 0 Å². The van der Waals surface area contributed by atoms with Crippen LogP contribution in [0.4, 0.5) is 19.0 Å². The average molecular weight is 627 g/mol. The zero-order valence-electron chi connectivity index (χ0n) is 20.6. The Morgan fingerprint density at radius 2 is 1.92 bits per heavy atom. The number of rotatable bonds is 5. The molecule has 0 amide bonds. The summed E-state index contributed by atoms with van der Waals surface area (Å²) in [7, 11) is 0. The predicted octanol–water partition coefficient (Wildman–Crippen LogP) is 4.05. The van der Waals surface area contributed by atoms with Crippen LogP contribution in [0.1, 0.15) is 40.9 Å². The maximum Gasteiger partial charge on any atom is 0.416 e. The molecule has 0 bridgehead atoms. The zero-order valence-corrected chi connectivity index (χ0v) is 22.7. The lowest BCUT2D eigenvalue weighted by Gasteiger charge is -2.57. The Hall–Kier alpha value is -1.96. The van der Waals surface area contributed by atoms with Gasteiger partial charge >= 0.3 is 6.18 Å². The summed E-state index contributed by atoms with van der Waals surface area (Å²) in [6.07, 6.45) is -2.61. The Balaban J connectivity index is 1.39. The van der Waals surface area contributed by atoms with Gasteiger partial charge in [-0.05, 0) is 65.6 Å². The van der Waals surface area contributed by atoms with Gasteiger partial charge in [-0.2, -0.15) is 13.2 Å². The second-order valence-corrected chi connectivity index (χ2v) is 11.8. The van der Waals surface area contributed by atoms with Gasteiger partial charge < -0.3 is 14.7 Å². The van der Waals surface area contributed by atoms with E-state index in [2.05, 4.69) is 32.4 Å². The van der Waals surface area contributed by atoms with Gasteiger partial charge in [0.2, 0.25) is 0 Å². The maximum atomic E-state index is 13.6. The van der Waals surface area contributed by atoms with Gasteiger partial charge in [-0.3, -0.25) is 4.90 Å². The molecule has 37 heavy (non-hydrogen) atoms. The molecule has 2 aliphatic heterocycles. The molecule has 1 saturated carbocycles. The highest BCUT2D eigenvalue weighted by atomic mass is 127. The summed E-state index contributed by atoms with van der Waals surface area (Å²) in [5, 5.41) is 14.7. The molecule has 1 aliphatic carbocycles. The van der Waals surface area contributed by atoms with Gasteiger partial charge in [0.05, 0.1) is 39.8 Å². The number of imidazole rings is 1. The first-order chi connectivity index (χ1) is 17.6. The van der Waals surface area contributed by atoms with Crippen LogP contribution in [-0.4, -0.2) is 70.1 Å². The second kappa shape index (κ2) is 9.35. The van der Waals surface area contributed by atoms with Crippen LogP contribution in [0.5, 0.6) is 0 Å². The van der Waals surface area contributed by atoms with Crippen molar-refractivity contribution in [1.82, 2.24) is 19.5 Å². The lowest BCUT2D eigenvalue weighted by molar-refractivity contribution is -0.138. The first-order valence-electron chi connectivity index (χ1n) is 12.6. The van der Waals surface area contributed by atoms with E-state index < -0.39 is 11.7 Å². The van der Waals surface area contributed by atoms with Crippen LogP contribution in [-0.2, 0) is 23.9 Å². The number of hydrogen-bond donors (Lipinski definition) is 1. The number of anilines is 1. The molecule has 3 aliphatic rings. The lowest BCUT2D eigenvalue weighted by atomic mass is 9.62. The molecule has 0 radical (unpaired) electrons. The van der Waals surface area contributed by atoms with E-state index >= 15 is 0 Å². The number of likely N-dealkylation sites (tertiary alicyclic amines) is 1. The molecule has 1 aromatic carbocycles. The van der Waals surface area contributed by atoms with Crippen molar-refractivity contribution < 1.29 is 23.0 Å². The van der Waals surface area contributed by atoms with Gasteiger partial charge in [0, 0.05) is 44.6 Å². The molecule has 198 valence electrons. The first kappa shape index (κ1) is 25.3. The topological polar surface area (TPSA) is 66.1 Å². The molecule has 4 heterocycles. The summed E-state index contributed by atoms with van der Waals surface area (Å²) in [6, 6.07) is 6.40. The molecule has 0 unspecified atom stereocenters. The number of benzene rings is 1. The summed E-state index contributed by atoms with van der Waals surface area (Å²) >= 11 is 2.27. The highest BCUT2D eigenvalue weighted by Gasteiger charge is 2.51. The summed E-state index contributed by atoms with van der Waals surface area (Å²) in [4.78, 5) is 9.44. The summed E-state index contributed by atoms with van der Waals surface area (Å²) < 4.78 is 49.2. The first-order valence-corrected chi connectivity index (χ1v) is 13.7. The van der Waals surface area contributed by atoms with Crippen molar-refractivity contribution in [2.24, 2.45) is 5.41 Å². The number of ether oxygens (including phenoxy) is 1. The largest absolute Gasteiger partial charge is 0.416 e. The minimum absolute atomic E-state index is 0.193. The van der Waals surface area contributed by atoms with E-state index in [1.54, 1.807) is 13.0 Å². The third-order valence-electron chi connectivity index (χ3n) is 7.98. The van der Waals surface area contributed by atoms with Gasteiger partial charge in [0.1, 0.15) is 0 Å². The van der Waals surface area contributed by atoms with Gasteiger partial charge in [0.25, 0.3) is 0 Å². The molecule has 0 atom stereocenters. The number of alkyl halides is 3. The molecule has 6 rings (SSSR count). The fourth-order valence-electron chi connectivity index (χ4n) is 6.10. The van der Waals surface area contributed by atoms with Crippen molar-refractivity contribution in [2.45, 2.75) is 45.0 Å². The Morgan fingerprint density at radius 3 is 2.59 bits per heavy atom. The molecule has 3 aromatic rings. The van der Waals surface area contributed by atoms with E-state index in [1.807, 2.05) is 10.6 Å². The Morgan fingerprint density at radius 1 is 1.19 bits per heavy atom. The van der Waals surface area contributed by atoms with Gasteiger partial charge in [0.15, 0.2) is 11.5 Å². The highest BCUT2D eigenvalue weighted by molar-refractivity contribution is 14.1. The van der Waals surface area contributed by atoms with Crippen LogP contribution in [0.3, 0.4) is 0 Å². The van der Waals surface area contributed by atoms with Crippen molar-refractivity contribution >= 4 is 34.1 Å². The third kappa shape index (κ3) is 4.72. The van der Waals surface area contributed by atoms with Crippen LogP contribution in [0, 0.1) is 15.9 Å². The van der Waals surface area contributed by atoms with Crippen LogP contribution in [0.25, 0.3) is 5.65 Å². The standard InChI is InChI=1S/C26H29F3IN5O2/c1-16-17(3-2-4-19(16)26(27,28)29)9-22-21(13-33-14-25(15-33)11-18(36)12-25)31-24-20(30)10-23(32-35(22)24)34-5-7-37-8-6-34/h2-4,10,18,36H,5-9,11-15H2,1H3. The number of nitrogens with zero attached hydrogens (tertiary/aromatic N) is 5. The second-order valence-electron chi connectivity index (χ2n) is 10.7.